The lowest BCUT2D eigenvalue weighted by atomic mass is 10.1. The summed E-state index contributed by atoms with van der Waals surface area (Å²) in [6.07, 6.45) is 0. The summed E-state index contributed by atoms with van der Waals surface area (Å²) in [7, 11) is 1.61. The first kappa shape index (κ1) is 15.2. The quantitative estimate of drug-likeness (QED) is 0.883. The van der Waals surface area contributed by atoms with Crippen molar-refractivity contribution < 1.29 is 9.53 Å². The summed E-state index contributed by atoms with van der Waals surface area (Å²) in [5.74, 6) is 0.761. The summed E-state index contributed by atoms with van der Waals surface area (Å²) in [6.45, 7) is 3.06. The van der Waals surface area contributed by atoms with Crippen molar-refractivity contribution in [1.82, 2.24) is 4.90 Å². The Hall–Kier alpha value is -2.69. The molecule has 0 spiro atoms. The van der Waals surface area contributed by atoms with Gasteiger partial charge in [0.05, 0.1) is 7.11 Å². The van der Waals surface area contributed by atoms with E-state index >= 15 is 0 Å². The average Bonchev–Trinajstić information content (AvgIpc) is 2.62. The van der Waals surface area contributed by atoms with Gasteiger partial charge in [-0.25, -0.2) is 0 Å². The van der Waals surface area contributed by atoms with Gasteiger partial charge in [-0.15, -0.1) is 0 Å². The highest BCUT2D eigenvalue weighted by molar-refractivity contribution is 5.94. The molecule has 2 aromatic carbocycles. The molecule has 0 bridgehead atoms. The third-order valence-corrected chi connectivity index (χ3v) is 4.14. The normalized spacial score (nSPS) is 14.7. The summed E-state index contributed by atoms with van der Waals surface area (Å²) in [5, 5.41) is 0. The Balaban J connectivity index is 1.64. The number of hydrogen-bond donors (Lipinski definition) is 1. The van der Waals surface area contributed by atoms with Crippen LogP contribution in [0.5, 0.6) is 5.75 Å². The highest BCUT2D eigenvalue weighted by Gasteiger charge is 2.22. The number of nitrogens with zero attached hydrogens (tertiary/aromatic N) is 2. The van der Waals surface area contributed by atoms with Gasteiger partial charge in [-0.1, -0.05) is 6.07 Å². The molecule has 0 saturated carbocycles. The van der Waals surface area contributed by atoms with E-state index in [2.05, 4.69) is 4.90 Å². The van der Waals surface area contributed by atoms with Gasteiger partial charge >= 0.3 is 0 Å². The standard InChI is InChI=1S/C18H21N3O2/c1-23-17-4-2-3-14(13-17)18(22)21-11-9-20(10-12-21)16-7-5-15(19)6-8-16/h2-8,13H,9-12,19H2,1H3. The van der Waals surface area contributed by atoms with E-state index < -0.39 is 0 Å². The summed E-state index contributed by atoms with van der Waals surface area (Å²) in [6, 6.07) is 15.2. The zero-order chi connectivity index (χ0) is 16.2. The molecule has 0 aliphatic carbocycles. The molecule has 0 radical (unpaired) electrons. The average molecular weight is 311 g/mol. The first-order valence-corrected chi connectivity index (χ1v) is 7.71. The van der Waals surface area contributed by atoms with Crippen LogP contribution in [0.2, 0.25) is 0 Å². The molecule has 120 valence electrons. The second-order valence-corrected chi connectivity index (χ2v) is 5.60. The van der Waals surface area contributed by atoms with Crippen LogP contribution in [-0.4, -0.2) is 44.1 Å². The van der Waals surface area contributed by atoms with Crippen LogP contribution in [0.1, 0.15) is 10.4 Å². The van der Waals surface area contributed by atoms with Crippen LogP contribution < -0.4 is 15.4 Å². The van der Waals surface area contributed by atoms with Gasteiger partial charge in [0.1, 0.15) is 5.75 Å². The van der Waals surface area contributed by atoms with E-state index in [1.54, 1.807) is 13.2 Å². The van der Waals surface area contributed by atoms with Gasteiger partial charge in [-0.2, -0.15) is 0 Å². The van der Waals surface area contributed by atoms with Crippen LogP contribution in [0.25, 0.3) is 0 Å². The minimum Gasteiger partial charge on any atom is -0.497 e. The fourth-order valence-electron chi connectivity index (χ4n) is 2.79. The molecular formula is C18H21N3O2. The fourth-order valence-corrected chi connectivity index (χ4v) is 2.79. The van der Waals surface area contributed by atoms with Crippen LogP contribution in [-0.2, 0) is 0 Å². The van der Waals surface area contributed by atoms with Gasteiger partial charge in [0.15, 0.2) is 0 Å². The molecular weight excluding hydrogens is 290 g/mol. The molecule has 5 heteroatoms. The number of nitrogens with two attached hydrogens (primary N) is 1. The Morgan fingerprint density at radius 2 is 1.74 bits per heavy atom. The maximum Gasteiger partial charge on any atom is 0.254 e. The number of carbonyl (C=O) groups excluding carboxylic acids is 1. The molecule has 1 fully saturated rings. The number of piperazine rings is 1. The van der Waals surface area contributed by atoms with E-state index in [4.69, 9.17) is 10.5 Å². The van der Waals surface area contributed by atoms with Gasteiger partial charge in [0, 0.05) is 43.1 Å². The predicted molar refractivity (Wildman–Crippen MR) is 92.0 cm³/mol. The van der Waals surface area contributed by atoms with Gasteiger partial charge in [0.25, 0.3) is 5.91 Å². The molecule has 0 unspecified atom stereocenters. The van der Waals surface area contributed by atoms with Crippen molar-refractivity contribution in [3.05, 3.63) is 54.1 Å². The van der Waals surface area contributed by atoms with Crippen molar-refractivity contribution in [3.8, 4) is 5.75 Å². The summed E-state index contributed by atoms with van der Waals surface area (Å²) in [4.78, 5) is 16.8. The van der Waals surface area contributed by atoms with Crippen LogP contribution in [0.15, 0.2) is 48.5 Å². The van der Waals surface area contributed by atoms with Gasteiger partial charge in [-0.3, -0.25) is 4.79 Å². The second-order valence-electron chi connectivity index (χ2n) is 5.60. The van der Waals surface area contributed by atoms with Gasteiger partial charge in [-0.05, 0) is 42.5 Å². The lowest BCUT2D eigenvalue weighted by Gasteiger charge is -2.36. The lowest BCUT2D eigenvalue weighted by Crippen LogP contribution is -2.48. The minimum absolute atomic E-state index is 0.0563. The molecule has 1 aliphatic rings. The number of hydrogen-bond acceptors (Lipinski definition) is 4. The smallest absolute Gasteiger partial charge is 0.254 e. The van der Waals surface area contributed by atoms with Crippen LogP contribution in [0.4, 0.5) is 11.4 Å². The highest BCUT2D eigenvalue weighted by atomic mass is 16.5. The van der Waals surface area contributed by atoms with Crippen LogP contribution in [0.3, 0.4) is 0 Å². The Labute approximate surface area is 136 Å². The van der Waals surface area contributed by atoms with Crippen molar-refractivity contribution in [1.29, 1.82) is 0 Å². The van der Waals surface area contributed by atoms with E-state index in [1.807, 2.05) is 47.4 Å². The number of methoxy groups -OCH3 is 1. The molecule has 5 nitrogen and oxygen atoms in total. The summed E-state index contributed by atoms with van der Waals surface area (Å²) >= 11 is 0. The van der Waals surface area contributed by atoms with Crippen molar-refractivity contribution in [3.63, 3.8) is 0 Å². The molecule has 23 heavy (non-hydrogen) atoms. The molecule has 0 aromatic heterocycles. The highest BCUT2D eigenvalue weighted by Crippen LogP contribution is 2.20. The SMILES string of the molecule is COc1cccc(C(=O)N2CCN(c3ccc(N)cc3)CC2)c1. The Morgan fingerprint density at radius 3 is 2.39 bits per heavy atom. The first-order chi connectivity index (χ1) is 11.2. The Bertz CT molecular complexity index is 677. The number of anilines is 2. The first-order valence-electron chi connectivity index (χ1n) is 7.71. The number of nitrogen functional groups attached to an aromatic ring is 1. The van der Waals surface area contributed by atoms with E-state index in [-0.39, 0.29) is 5.91 Å². The fraction of sp³-hybridized carbons (Fsp3) is 0.278. The zero-order valence-electron chi connectivity index (χ0n) is 13.2. The largest absolute Gasteiger partial charge is 0.497 e. The number of benzene rings is 2. The molecule has 1 aliphatic heterocycles. The van der Waals surface area contributed by atoms with E-state index in [0.717, 1.165) is 24.5 Å². The van der Waals surface area contributed by atoms with Crippen LogP contribution >= 0.6 is 0 Å². The molecule has 0 atom stereocenters. The van der Waals surface area contributed by atoms with Crippen molar-refractivity contribution >= 4 is 17.3 Å². The molecule has 3 rings (SSSR count). The van der Waals surface area contributed by atoms with Crippen molar-refractivity contribution in [2.24, 2.45) is 0 Å². The second kappa shape index (κ2) is 6.60. The van der Waals surface area contributed by atoms with E-state index in [1.165, 1.54) is 0 Å². The summed E-state index contributed by atoms with van der Waals surface area (Å²) in [5.41, 5.74) is 8.31. The van der Waals surface area contributed by atoms with Crippen molar-refractivity contribution in [2.75, 3.05) is 43.9 Å². The third-order valence-electron chi connectivity index (χ3n) is 4.14. The van der Waals surface area contributed by atoms with Crippen molar-refractivity contribution in [2.45, 2.75) is 0 Å². The topological polar surface area (TPSA) is 58.8 Å². The van der Waals surface area contributed by atoms with Gasteiger partial charge in [0.2, 0.25) is 0 Å². The van der Waals surface area contributed by atoms with E-state index in [0.29, 0.717) is 24.4 Å². The molecule has 1 amide bonds. The van der Waals surface area contributed by atoms with E-state index in [9.17, 15) is 4.79 Å². The van der Waals surface area contributed by atoms with Crippen LogP contribution in [0, 0.1) is 0 Å². The molecule has 2 aromatic rings. The maximum absolute atomic E-state index is 12.6. The monoisotopic (exact) mass is 311 g/mol. The molecule has 2 N–H and O–H groups in total. The number of ether oxygens (including phenoxy) is 1. The Morgan fingerprint density at radius 1 is 1.04 bits per heavy atom. The molecule has 1 saturated heterocycles. The number of amides is 1. The predicted octanol–water partition coefficient (Wildman–Crippen LogP) is 2.24. The summed E-state index contributed by atoms with van der Waals surface area (Å²) < 4.78 is 5.19. The zero-order valence-corrected chi connectivity index (χ0v) is 13.2. The third kappa shape index (κ3) is 3.39. The lowest BCUT2D eigenvalue weighted by molar-refractivity contribution is 0.0746. The Kier molecular flexibility index (Phi) is 4.37. The maximum atomic E-state index is 12.6. The minimum atomic E-state index is 0.0563. The number of rotatable bonds is 3. The number of carbonyl (C=O) groups is 1. The molecule has 1 heterocycles. The van der Waals surface area contributed by atoms with Gasteiger partial charge < -0.3 is 20.3 Å².